The predicted octanol–water partition coefficient (Wildman–Crippen LogP) is 5.11. The lowest BCUT2D eigenvalue weighted by atomic mass is 9.89. The molecule has 0 spiro atoms. The van der Waals surface area contributed by atoms with E-state index in [0.717, 1.165) is 16.7 Å². The van der Waals surface area contributed by atoms with Crippen LogP contribution < -0.4 is 5.32 Å². The van der Waals surface area contributed by atoms with Gasteiger partial charge in [0.2, 0.25) is 0 Å². The molecule has 0 aliphatic carbocycles. The molecule has 1 N–H and O–H groups in total. The molecule has 1 aromatic carbocycles. The monoisotopic (exact) mass is 346 g/mol. The molecule has 21 heavy (non-hydrogen) atoms. The Hall–Kier alpha value is -1.19. The Balaban J connectivity index is 2.10. The largest absolute Gasteiger partial charge is 0.304 e. The number of nitrogens with one attached hydrogen (secondary N) is 1. The van der Waals surface area contributed by atoms with Gasteiger partial charge in [-0.2, -0.15) is 0 Å². The van der Waals surface area contributed by atoms with Crippen LogP contribution in [0.15, 0.2) is 53.1 Å². The lowest BCUT2D eigenvalue weighted by Crippen LogP contribution is -2.28. The maximum atomic E-state index is 4.45. The summed E-state index contributed by atoms with van der Waals surface area (Å²) in [5, 5.41) is 3.70. The number of nitrogens with zero attached hydrogens (tertiary/aromatic N) is 1. The number of aromatic nitrogens is 1. The molecule has 1 aromatic heterocycles. The highest BCUT2D eigenvalue weighted by molar-refractivity contribution is 9.10. The molecule has 2 rings (SSSR count). The van der Waals surface area contributed by atoms with Crippen molar-refractivity contribution >= 4 is 15.9 Å². The van der Waals surface area contributed by atoms with Gasteiger partial charge in [0.05, 0.1) is 5.69 Å². The Morgan fingerprint density at radius 1 is 1.05 bits per heavy atom. The van der Waals surface area contributed by atoms with E-state index in [1.54, 1.807) is 0 Å². The molecule has 1 unspecified atom stereocenters. The molecule has 1 atom stereocenters. The average molecular weight is 347 g/mol. The van der Waals surface area contributed by atoms with E-state index in [9.17, 15) is 0 Å². The van der Waals surface area contributed by atoms with Gasteiger partial charge in [-0.1, -0.05) is 57.0 Å². The van der Waals surface area contributed by atoms with Crippen LogP contribution >= 0.6 is 15.9 Å². The zero-order valence-corrected chi connectivity index (χ0v) is 14.3. The van der Waals surface area contributed by atoms with Crippen LogP contribution in [0.4, 0.5) is 0 Å². The molecule has 0 fully saturated rings. The minimum absolute atomic E-state index is 0.381. The highest BCUT2D eigenvalue weighted by Gasteiger charge is 2.19. The minimum atomic E-state index is 0.381. The molecule has 2 aromatic rings. The molecule has 0 bridgehead atoms. The van der Waals surface area contributed by atoms with Crippen molar-refractivity contribution in [1.82, 2.24) is 10.3 Å². The van der Waals surface area contributed by atoms with E-state index < -0.39 is 0 Å². The first-order valence-corrected chi connectivity index (χ1v) is 8.42. The Bertz CT molecular complexity index is 521. The van der Waals surface area contributed by atoms with E-state index in [1.165, 1.54) is 18.4 Å². The zero-order valence-electron chi connectivity index (χ0n) is 12.7. The van der Waals surface area contributed by atoms with E-state index in [2.05, 4.69) is 76.5 Å². The van der Waals surface area contributed by atoms with Crippen molar-refractivity contribution in [2.75, 3.05) is 0 Å². The topological polar surface area (TPSA) is 24.9 Å². The molecule has 0 aliphatic rings. The second-order valence-corrected chi connectivity index (χ2v) is 6.23. The summed E-state index contributed by atoms with van der Waals surface area (Å²) >= 11 is 3.42. The third-order valence-electron chi connectivity index (χ3n) is 3.97. The highest BCUT2D eigenvalue weighted by atomic mass is 79.9. The normalized spacial score (nSPS) is 12.6. The Kier molecular flexibility index (Phi) is 6.40. The molecule has 2 nitrogen and oxygen atoms in total. The Labute approximate surface area is 136 Å². The van der Waals surface area contributed by atoms with Gasteiger partial charge in [0.25, 0.3) is 0 Å². The average Bonchev–Trinajstić information content (AvgIpc) is 2.54. The quantitative estimate of drug-likeness (QED) is 0.753. The van der Waals surface area contributed by atoms with Crippen LogP contribution in [0, 0.1) is 5.92 Å². The maximum absolute atomic E-state index is 4.45. The van der Waals surface area contributed by atoms with Gasteiger partial charge in [0.15, 0.2) is 0 Å². The van der Waals surface area contributed by atoms with Gasteiger partial charge < -0.3 is 5.32 Å². The van der Waals surface area contributed by atoms with Crippen LogP contribution in [-0.4, -0.2) is 4.98 Å². The molecule has 0 aliphatic heterocycles. The van der Waals surface area contributed by atoms with Gasteiger partial charge in [0, 0.05) is 23.3 Å². The first kappa shape index (κ1) is 16.2. The third kappa shape index (κ3) is 4.65. The standard InChI is InChI=1S/C18H23BrN2/c1-3-14(4-2)18(15-8-6-5-7-9-15)21-13-17-11-10-16(19)12-20-17/h5-12,14,18,21H,3-4,13H2,1-2H3. The molecule has 0 saturated heterocycles. The molecule has 0 amide bonds. The summed E-state index contributed by atoms with van der Waals surface area (Å²) in [5.41, 5.74) is 2.44. The molecular weight excluding hydrogens is 324 g/mol. The SMILES string of the molecule is CCC(CC)C(NCc1ccc(Br)cn1)c1ccccc1. The summed E-state index contributed by atoms with van der Waals surface area (Å²) < 4.78 is 1.02. The van der Waals surface area contributed by atoms with Gasteiger partial charge in [-0.05, 0) is 39.5 Å². The predicted molar refractivity (Wildman–Crippen MR) is 92.0 cm³/mol. The number of halogens is 1. The molecule has 3 heteroatoms. The number of benzene rings is 1. The smallest absolute Gasteiger partial charge is 0.0542 e. The van der Waals surface area contributed by atoms with Gasteiger partial charge in [0.1, 0.15) is 0 Å². The van der Waals surface area contributed by atoms with Crippen molar-refractivity contribution < 1.29 is 0 Å². The number of hydrogen-bond donors (Lipinski definition) is 1. The summed E-state index contributed by atoms with van der Waals surface area (Å²) in [5.74, 6) is 0.642. The van der Waals surface area contributed by atoms with Crippen LogP contribution in [0.3, 0.4) is 0 Å². The number of rotatable bonds is 7. The molecular formula is C18H23BrN2. The van der Waals surface area contributed by atoms with Gasteiger partial charge >= 0.3 is 0 Å². The first-order valence-electron chi connectivity index (χ1n) is 7.63. The van der Waals surface area contributed by atoms with Crippen LogP contribution in [0.25, 0.3) is 0 Å². The minimum Gasteiger partial charge on any atom is -0.304 e. The summed E-state index contributed by atoms with van der Waals surface area (Å²) in [6, 6.07) is 15.2. The zero-order chi connectivity index (χ0) is 15.1. The summed E-state index contributed by atoms with van der Waals surface area (Å²) in [4.78, 5) is 4.45. The molecule has 0 radical (unpaired) electrons. The first-order chi connectivity index (χ1) is 10.2. The second kappa shape index (κ2) is 8.30. The van der Waals surface area contributed by atoms with Gasteiger partial charge in [-0.25, -0.2) is 0 Å². The lowest BCUT2D eigenvalue weighted by Gasteiger charge is -2.27. The summed E-state index contributed by atoms with van der Waals surface area (Å²) in [7, 11) is 0. The van der Waals surface area contributed by atoms with Gasteiger partial charge in [-0.3, -0.25) is 4.98 Å². The van der Waals surface area contributed by atoms with E-state index in [-0.39, 0.29) is 0 Å². The van der Waals surface area contributed by atoms with E-state index >= 15 is 0 Å². The van der Waals surface area contributed by atoms with Crippen molar-refractivity contribution in [3.8, 4) is 0 Å². The fourth-order valence-electron chi connectivity index (χ4n) is 2.70. The summed E-state index contributed by atoms with van der Waals surface area (Å²) in [6.07, 6.45) is 4.21. The fourth-order valence-corrected chi connectivity index (χ4v) is 2.94. The van der Waals surface area contributed by atoms with Crippen molar-refractivity contribution in [2.24, 2.45) is 5.92 Å². The van der Waals surface area contributed by atoms with E-state index in [1.807, 2.05) is 12.3 Å². The lowest BCUT2D eigenvalue weighted by molar-refractivity contribution is 0.338. The Morgan fingerprint density at radius 2 is 1.76 bits per heavy atom. The highest BCUT2D eigenvalue weighted by Crippen LogP contribution is 2.27. The fraction of sp³-hybridized carbons (Fsp3) is 0.389. The van der Waals surface area contributed by atoms with Gasteiger partial charge in [-0.15, -0.1) is 0 Å². The van der Waals surface area contributed by atoms with Crippen molar-refractivity contribution in [3.05, 3.63) is 64.4 Å². The van der Waals surface area contributed by atoms with Crippen molar-refractivity contribution in [1.29, 1.82) is 0 Å². The maximum Gasteiger partial charge on any atom is 0.0542 e. The van der Waals surface area contributed by atoms with Crippen molar-refractivity contribution in [2.45, 2.75) is 39.3 Å². The van der Waals surface area contributed by atoms with Crippen molar-refractivity contribution in [3.63, 3.8) is 0 Å². The number of pyridine rings is 1. The van der Waals surface area contributed by atoms with Crippen LogP contribution in [0.2, 0.25) is 0 Å². The molecule has 0 saturated carbocycles. The van der Waals surface area contributed by atoms with Crippen LogP contribution in [0.1, 0.15) is 44.0 Å². The van der Waals surface area contributed by atoms with E-state index in [0.29, 0.717) is 12.0 Å². The molecule has 112 valence electrons. The number of hydrogen-bond acceptors (Lipinski definition) is 2. The van der Waals surface area contributed by atoms with E-state index in [4.69, 9.17) is 0 Å². The Morgan fingerprint density at radius 3 is 2.33 bits per heavy atom. The third-order valence-corrected chi connectivity index (χ3v) is 4.44. The second-order valence-electron chi connectivity index (χ2n) is 5.31. The molecule has 1 heterocycles. The summed E-state index contributed by atoms with van der Waals surface area (Å²) in [6.45, 7) is 5.33. The van der Waals surface area contributed by atoms with Crippen LogP contribution in [0.5, 0.6) is 0 Å². The van der Waals surface area contributed by atoms with Crippen LogP contribution in [-0.2, 0) is 6.54 Å².